The molecule has 2 rings (SSSR count). The summed E-state index contributed by atoms with van der Waals surface area (Å²) in [5.74, 6) is -0.434. The molecular formula is C23H35N3O5. The lowest BCUT2D eigenvalue weighted by Gasteiger charge is -2.32. The first-order chi connectivity index (χ1) is 14.7. The quantitative estimate of drug-likeness (QED) is 0.674. The molecule has 0 saturated carbocycles. The molecule has 0 radical (unpaired) electrons. The first-order valence-electron chi connectivity index (χ1n) is 11.0. The van der Waals surface area contributed by atoms with Crippen molar-refractivity contribution in [3.8, 4) is 5.75 Å². The Hall–Kier alpha value is -2.61. The number of nitrogens with one attached hydrogen (secondary N) is 1. The highest BCUT2D eigenvalue weighted by molar-refractivity contribution is 5.79. The zero-order valence-electron chi connectivity index (χ0n) is 18.7. The molecule has 0 bridgehead atoms. The SMILES string of the molecule is CC[C@H](C)C(=O)N1CCCNC(=O)C[C@@H](c2ccc(O)cc2)N(C(C)=O)CC[C@@H](O)C1. The first-order valence-corrected chi connectivity index (χ1v) is 11.0. The van der Waals surface area contributed by atoms with E-state index in [9.17, 15) is 24.6 Å². The lowest BCUT2D eigenvalue weighted by Crippen LogP contribution is -2.42. The minimum absolute atomic E-state index is 0.00635. The van der Waals surface area contributed by atoms with Gasteiger partial charge in [-0.2, -0.15) is 0 Å². The highest BCUT2D eigenvalue weighted by Gasteiger charge is 2.28. The Bertz CT molecular complexity index is 752. The predicted octanol–water partition coefficient (Wildman–Crippen LogP) is 1.82. The summed E-state index contributed by atoms with van der Waals surface area (Å²) in [6.45, 7) is 6.58. The van der Waals surface area contributed by atoms with Crippen LogP contribution in [0.25, 0.3) is 0 Å². The number of phenolic OH excluding ortho intramolecular Hbond substituents is 1. The molecule has 0 aromatic heterocycles. The molecule has 8 heteroatoms. The average molecular weight is 434 g/mol. The maximum Gasteiger partial charge on any atom is 0.225 e. The maximum absolute atomic E-state index is 12.7. The van der Waals surface area contributed by atoms with Crippen LogP contribution >= 0.6 is 0 Å². The van der Waals surface area contributed by atoms with E-state index in [-0.39, 0.29) is 48.9 Å². The van der Waals surface area contributed by atoms with Crippen LogP contribution in [0, 0.1) is 5.92 Å². The van der Waals surface area contributed by atoms with Crippen molar-refractivity contribution in [3.05, 3.63) is 29.8 Å². The van der Waals surface area contributed by atoms with Gasteiger partial charge in [-0.1, -0.05) is 26.0 Å². The van der Waals surface area contributed by atoms with Gasteiger partial charge in [-0.15, -0.1) is 0 Å². The first kappa shape index (κ1) is 24.7. The minimum Gasteiger partial charge on any atom is -0.508 e. The Labute approximate surface area is 184 Å². The molecule has 0 aliphatic carbocycles. The fourth-order valence-corrected chi connectivity index (χ4v) is 3.79. The molecule has 1 aliphatic rings. The summed E-state index contributed by atoms with van der Waals surface area (Å²) in [6, 6.07) is 5.94. The smallest absolute Gasteiger partial charge is 0.225 e. The molecule has 3 atom stereocenters. The van der Waals surface area contributed by atoms with Crippen molar-refractivity contribution < 1.29 is 24.6 Å². The zero-order chi connectivity index (χ0) is 23.0. The summed E-state index contributed by atoms with van der Waals surface area (Å²) in [5.41, 5.74) is 0.737. The van der Waals surface area contributed by atoms with Gasteiger partial charge >= 0.3 is 0 Å². The van der Waals surface area contributed by atoms with Gasteiger partial charge in [0, 0.05) is 39.0 Å². The van der Waals surface area contributed by atoms with Crippen LogP contribution in [-0.4, -0.2) is 70.0 Å². The van der Waals surface area contributed by atoms with Gasteiger partial charge in [0.05, 0.1) is 18.6 Å². The van der Waals surface area contributed by atoms with Crippen LogP contribution in [0.4, 0.5) is 0 Å². The van der Waals surface area contributed by atoms with Crippen LogP contribution in [0.2, 0.25) is 0 Å². The summed E-state index contributed by atoms with van der Waals surface area (Å²) in [4.78, 5) is 41.0. The third kappa shape index (κ3) is 7.24. The fraction of sp³-hybridized carbons (Fsp3) is 0.609. The van der Waals surface area contributed by atoms with Crippen LogP contribution in [0.1, 0.15) is 58.1 Å². The number of carbonyl (C=O) groups excluding carboxylic acids is 3. The van der Waals surface area contributed by atoms with Gasteiger partial charge in [0.25, 0.3) is 0 Å². The molecule has 1 heterocycles. The van der Waals surface area contributed by atoms with E-state index in [2.05, 4.69) is 5.32 Å². The number of carbonyl (C=O) groups is 3. The summed E-state index contributed by atoms with van der Waals surface area (Å²) < 4.78 is 0. The van der Waals surface area contributed by atoms with Crippen molar-refractivity contribution in [2.45, 2.75) is 58.6 Å². The van der Waals surface area contributed by atoms with Crippen molar-refractivity contribution in [1.82, 2.24) is 15.1 Å². The zero-order valence-corrected chi connectivity index (χ0v) is 18.7. The van der Waals surface area contributed by atoms with E-state index in [4.69, 9.17) is 0 Å². The second-order valence-electron chi connectivity index (χ2n) is 8.26. The van der Waals surface area contributed by atoms with Crippen molar-refractivity contribution in [2.75, 3.05) is 26.2 Å². The Morgan fingerprint density at radius 1 is 1.23 bits per heavy atom. The van der Waals surface area contributed by atoms with Gasteiger partial charge in [0.15, 0.2) is 0 Å². The second kappa shape index (κ2) is 11.7. The topological polar surface area (TPSA) is 110 Å². The standard InChI is InChI=1S/C23H35N3O5/c1-4-16(2)23(31)25-12-5-11-24-22(30)14-21(18-6-8-19(28)9-7-18)26(17(3)27)13-10-20(29)15-25/h6-9,16,20-21,28-29H,4-5,10-15H2,1-3H3,(H,24,30)/t16-,20+,21-/m0/s1. The lowest BCUT2D eigenvalue weighted by molar-refractivity contribution is -0.137. The van der Waals surface area contributed by atoms with E-state index in [0.717, 1.165) is 5.56 Å². The third-order valence-corrected chi connectivity index (χ3v) is 5.84. The second-order valence-corrected chi connectivity index (χ2v) is 8.26. The molecule has 3 amide bonds. The number of rotatable bonds is 3. The normalized spacial score (nSPS) is 22.5. The largest absolute Gasteiger partial charge is 0.508 e. The van der Waals surface area contributed by atoms with Crippen LogP contribution < -0.4 is 5.32 Å². The van der Waals surface area contributed by atoms with Crippen molar-refractivity contribution in [3.63, 3.8) is 0 Å². The number of β-amino-alcohol motifs (C(OH)–C–C–N with tert-alkyl or cyclic N) is 1. The van der Waals surface area contributed by atoms with Crippen LogP contribution in [0.5, 0.6) is 5.75 Å². The van der Waals surface area contributed by atoms with Crippen molar-refractivity contribution >= 4 is 17.7 Å². The van der Waals surface area contributed by atoms with Gasteiger partial charge in [0.1, 0.15) is 5.75 Å². The number of hydrogen-bond acceptors (Lipinski definition) is 5. The predicted molar refractivity (Wildman–Crippen MR) is 117 cm³/mol. The van der Waals surface area contributed by atoms with E-state index < -0.39 is 12.1 Å². The van der Waals surface area contributed by atoms with E-state index in [0.29, 0.717) is 32.4 Å². The number of aromatic hydroxyl groups is 1. The molecule has 8 nitrogen and oxygen atoms in total. The van der Waals surface area contributed by atoms with Gasteiger partial charge in [0.2, 0.25) is 17.7 Å². The van der Waals surface area contributed by atoms with E-state index in [1.165, 1.54) is 19.1 Å². The van der Waals surface area contributed by atoms with Crippen LogP contribution in [-0.2, 0) is 14.4 Å². The number of amides is 3. The number of aliphatic hydroxyl groups is 1. The Kier molecular flexibility index (Phi) is 9.30. The molecule has 1 aliphatic heterocycles. The Morgan fingerprint density at radius 3 is 2.52 bits per heavy atom. The molecule has 1 aromatic carbocycles. The highest BCUT2D eigenvalue weighted by atomic mass is 16.3. The molecule has 0 unspecified atom stereocenters. The van der Waals surface area contributed by atoms with E-state index in [1.807, 2.05) is 13.8 Å². The molecule has 3 N–H and O–H groups in total. The molecule has 1 saturated heterocycles. The monoisotopic (exact) mass is 433 g/mol. The molecular weight excluding hydrogens is 398 g/mol. The summed E-state index contributed by atoms with van der Waals surface area (Å²) in [5, 5.41) is 23.1. The summed E-state index contributed by atoms with van der Waals surface area (Å²) in [6.07, 6.45) is 0.894. The number of aliphatic hydroxyl groups excluding tert-OH is 1. The number of nitrogens with zero attached hydrogens (tertiary/aromatic N) is 2. The summed E-state index contributed by atoms with van der Waals surface area (Å²) in [7, 11) is 0. The molecule has 1 aromatic rings. The van der Waals surface area contributed by atoms with Crippen molar-refractivity contribution in [2.24, 2.45) is 5.92 Å². The maximum atomic E-state index is 12.7. The minimum atomic E-state index is -0.778. The van der Waals surface area contributed by atoms with Gasteiger partial charge in [-0.25, -0.2) is 0 Å². The highest BCUT2D eigenvalue weighted by Crippen LogP contribution is 2.27. The Morgan fingerprint density at radius 2 is 1.90 bits per heavy atom. The molecule has 1 fully saturated rings. The number of phenols is 1. The summed E-state index contributed by atoms with van der Waals surface area (Å²) >= 11 is 0. The average Bonchev–Trinajstić information content (AvgIpc) is 2.75. The lowest BCUT2D eigenvalue weighted by atomic mass is 10.00. The van der Waals surface area contributed by atoms with Crippen LogP contribution in [0.15, 0.2) is 24.3 Å². The number of hydrogen-bond donors (Lipinski definition) is 3. The Balaban J connectivity index is 2.26. The van der Waals surface area contributed by atoms with E-state index >= 15 is 0 Å². The van der Waals surface area contributed by atoms with Gasteiger partial charge in [-0.05, 0) is 37.0 Å². The molecule has 172 valence electrons. The van der Waals surface area contributed by atoms with Crippen molar-refractivity contribution in [1.29, 1.82) is 0 Å². The molecule has 31 heavy (non-hydrogen) atoms. The van der Waals surface area contributed by atoms with Gasteiger partial charge < -0.3 is 25.3 Å². The van der Waals surface area contributed by atoms with Crippen LogP contribution in [0.3, 0.4) is 0 Å². The van der Waals surface area contributed by atoms with E-state index in [1.54, 1.807) is 21.9 Å². The third-order valence-electron chi connectivity index (χ3n) is 5.84. The fourth-order valence-electron chi connectivity index (χ4n) is 3.79. The number of benzene rings is 1. The molecule has 0 spiro atoms. The van der Waals surface area contributed by atoms with Gasteiger partial charge in [-0.3, -0.25) is 14.4 Å².